The van der Waals surface area contributed by atoms with E-state index >= 15 is 0 Å². The van der Waals surface area contributed by atoms with Crippen molar-refractivity contribution in [2.45, 2.75) is 6.54 Å². The molecule has 7 nitrogen and oxygen atoms in total. The van der Waals surface area contributed by atoms with Crippen LogP contribution in [0.2, 0.25) is 0 Å². The molecule has 132 valence electrons. The number of nitrogens with two attached hydrogens (primary N) is 1. The number of pyridine rings is 3. The van der Waals surface area contributed by atoms with Crippen molar-refractivity contribution in [1.29, 1.82) is 0 Å². The summed E-state index contributed by atoms with van der Waals surface area (Å²) < 4.78 is 6.00. The van der Waals surface area contributed by atoms with Crippen molar-refractivity contribution in [3.05, 3.63) is 79.0 Å². The molecule has 0 atom stereocenters. The minimum atomic E-state index is 0.393. The van der Waals surface area contributed by atoms with Gasteiger partial charge in [-0.2, -0.15) is 0 Å². The van der Waals surface area contributed by atoms with E-state index in [-0.39, 0.29) is 0 Å². The Kier molecular flexibility index (Phi) is 4.76. The Bertz CT molecular complexity index is 1040. The molecule has 0 spiro atoms. The van der Waals surface area contributed by atoms with Crippen LogP contribution in [0.25, 0.3) is 22.8 Å². The molecular formula is C20H16N6O. The number of hydrogen-bond acceptors (Lipinski definition) is 7. The zero-order valence-electron chi connectivity index (χ0n) is 14.4. The highest BCUT2D eigenvalue weighted by Gasteiger charge is 2.12. The molecule has 0 aromatic carbocycles. The maximum Gasteiger partial charge on any atom is 0.230 e. The standard InChI is InChI=1S/C20H16N6O/c21-11-14-12-25-19(26-13-14)16-4-3-8-24-20(16)27-15-6-9-23-18(10-15)17-5-1-2-7-22-17/h1-10,12-13H,11,21H2. The Morgan fingerprint density at radius 3 is 2.37 bits per heavy atom. The average molecular weight is 356 g/mol. The summed E-state index contributed by atoms with van der Waals surface area (Å²) in [5.74, 6) is 1.54. The lowest BCUT2D eigenvalue weighted by atomic mass is 10.2. The summed E-state index contributed by atoms with van der Waals surface area (Å²) in [6.07, 6.45) is 8.46. The first kappa shape index (κ1) is 16.7. The van der Waals surface area contributed by atoms with Gasteiger partial charge in [0.2, 0.25) is 5.88 Å². The topological polar surface area (TPSA) is 99.7 Å². The van der Waals surface area contributed by atoms with Gasteiger partial charge in [0.25, 0.3) is 0 Å². The molecule has 4 aromatic heterocycles. The molecule has 0 saturated carbocycles. The van der Waals surface area contributed by atoms with Gasteiger partial charge in [-0.1, -0.05) is 6.07 Å². The smallest absolute Gasteiger partial charge is 0.230 e. The van der Waals surface area contributed by atoms with E-state index in [1.165, 1.54) is 0 Å². The van der Waals surface area contributed by atoms with E-state index in [9.17, 15) is 0 Å². The largest absolute Gasteiger partial charge is 0.438 e. The van der Waals surface area contributed by atoms with Crippen LogP contribution < -0.4 is 10.5 Å². The number of aromatic nitrogens is 5. The normalized spacial score (nSPS) is 10.6. The predicted octanol–water partition coefficient (Wildman–Crippen LogP) is 3.25. The second-order valence-electron chi connectivity index (χ2n) is 5.67. The van der Waals surface area contributed by atoms with Gasteiger partial charge < -0.3 is 10.5 Å². The number of nitrogens with zero attached hydrogens (tertiary/aromatic N) is 5. The Morgan fingerprint density at radius 1 is 0.778 bits per heavy atom. The zero-order chi connectivity index (χ0) is 18.5. The van der Waals surface area contributed by atoms with Gasteiger partial charge in [0.15, 0.2) is 5.82 Å². The molecule has 4 rings (SSSR count). The van der Waals surface area contributed by atoms with E-state index in [2.05, 4.69) is 24.9 Å². The van der Waals surface area contributed by atoms with E-state index in [1.807, 2.05) is 36.4 Å². The minimum absolute atomic E-state index is 0.393. The van der Waals surface area contributed by atoms with Gasteiger partial charge in [-0.3, -0.25) is 9.97 Å². The van der Waals surface area contributed by atoms with E-state index < -0.39 is 0 Å². The van der Waals surface area contributed by atoms with Crippen molar-refractivity contribution in [2.24, 2.45) is 5.73 Å². The SMILES string of the molecule is NCc1cnc(-c2cccnc2Oc2ccnc(-c3ccccn3)c2)nc1. The van der Waals surface area contributed by atoms with Crippen molar-refractivity contribution >= 4 is 0 Å². The lowest BCUT2D eigenvalue weighted by Gasteiger charge is -2.10. The molecule has 0 saturated heterocycles. The van der Waals surface area contributed by atoms with Crippen molar-refractivity contribution in [2.75, 3.05) is 0 Å². The maximum atomic E-state index is 6.00. The summed E-state index contributed by atoms with van der Waals surface area (Å²) in [5, 5.41) is 0. The van der Waals surface area contributed by atoms with Crippen LogP contribution in [-0.4, -0.2) is 24.9 Å². The molecule has 0 fully saturated rings. The highest BCUT2D eigenvalue weighted by atomic mass is 16.5. The van der Waals surface area contributed by atoms with Gasteiger partial charge in [0.05, 0.1) is 17.0 Å². The average Bonchev–Trinajstić information content (AvgIpc) is 2.75. The Hall–Kier alpha value is -3.71. The van der Waals surface area contributed by atoms with Gasteiger partial charge in [0.1, 0.15) is 5.75 Å². The fraction of sp³-hybridized carbons (Fsp3) is 0.0500. The van der Waals surface area contributed by atoms with E-state index in [1.54, 1.807) is 37.1 Å². The van der Waals surface area contributed by atoms with Gasteiger partial charge in [-0.25, -0.2) is 15.0 Å². The molecule has 4 aromatic rings. The van der Waals surface area contributed by atoms with Crippen LogP contribution in [0.5, 0.6) is 11.6 Å². The summed E-state index contributed by atoms with van der Waals surface area (Å²) in [5.41, 5.74) is 8.64. The Labute approximate surface area is 156 Å². The molecule has 0 radical (unpaired) electrons. The molecule has 4 heterocycles. The highest BCUT2D eigenvalue weighted by molar-refractivity contribution is 5.62. The number of ether oxygens (including phenoxy) is 1. The van der Waals surface area contributed by atoms with Crippen LogP contribution in [0.3, 0.4) is 0 Å². The van der Waals surface area contributed by atoms with Gasteiger partial charge >= 0.3 is 0 Å². The number of hydrogen-bond donors (Lipinski definition) is 1. The van der Waals surface area contributed by atoms with Crippen LogP contribution in [0.1, 0.15) is 5.56 Å². The lowest BCUT2D eigenvalue weighted by Crippen LogP contribution is -2.00. The van der Waals surface area contributed by atoms with Crippen molar-refractivity contribution in [3.8, 4) is 34.4 Å². The van der Waals surface area contributed by atoms with Gasteiger partial charge in [-0.05, 0) is 30.3 Å². The van der Waals surface area contributed by atoms with Crippen LogP contribution in [0, 0.1) is 0 Å². The lowest BCUT2D eigenvalue weighted by molar-refractivity contribution is 0.464. The molecule has 0 aliphatic carbocycles. The molecule has 7 heteroatoms. The summed E-state index contributed by atoms with van der Waals surface area (Å²) in [4.78, 5) is 21.7. The molecule has 0 amide bonds. The van der Waals surface area contributed by atoms with Crippen molar-refractivity contribution in [3.63, 3.8) is 0 Å². The van der Waals surface area contributed by atoms with Gasteiger partial charge in [0, 0.05) is 49.2 Å². The molecule has 0 unspecified atom stereocenters. The molecule has 2 N–H and O–H groups in total. The Morgan fingerprint density at radius 2 is 1.59 bits per heavy atom. The Balaban J connectivity index is 1.65. The van der Waals surface area contributed by atoms with Crippen LogP contribution >= 0.6 is 0 Å². The molecule has 0 bridgehead atoms. The first-order chi connectivity index (χ1) is 13.3. The van der Waals surface area contributed by atoms with Gasteiger partial charge in [-0.15, -0.1) is 0 Å². The maximum absolute atomic E-state index is 6.00. The van der Waals surface area contributed by atoms with Crippen LogP contribution in [0.15, 0.2) is 73.4 Å². The van der Waals surface area contributed by atoms with E-state index in [0.29, 0.717) is 35.3 Å². The fourth-order valence-electron chi connectivity index (χ4n) is 2.48. The van der Waals surface area contributed by atoms with E-state index in [4.69, 9.17) is 10.5 Å². The van der Waals surface area contributed by atoms with Crippen LogP contribution in [-0.2, 0) is 6.54 Å². The van der Waals surface area contributed by atoms with Crippen molar-refractivity contribution in [1.82, 2.24) is 24.9 Å². The first-order valence-corrected chi connectivity index (χ1v) is 8.35. The first-order valence-electron chi connectivity index (χ1n) is 8.35. The quantitative estimate of drug-likeness (QED) is 0.586. The molecule has 0 aliphatic heterocycles. The minimum Gasteiger partial charge on any atom is -0.438 e. The second kappa shape index (κ2) is 7.67. The van der Waals surface area contributed by atoms with Crippen molar-refractivity contribution < 1.29 is 4.74 Å². The van der Waals surface area contributed by atoms with Crippen LogP contribution in [0.4, 0.5) is 0 Å². The van der Waals surface area contributed by atoms with E-state index in [0.717, 1.165) is 11.3 Å². The fourth-order valence-corrected chi connectivity index (χ4v) is 2.48. The zero-order valence-corrected chi connectivity index (χ0v) is 14.4. The molecular weight excluding hydrogens is 340 g/mol. The summed E-state index contributed by atoms with van der Waals surface area (Å²) in [7, 11) is 0. The second-order valence-corrected chi connectivity index (χ2v) is 5.67. The third kappa shape index (κ3) is 3.78. The summed E-state index contributed by atoms with van der Waals surface area (Å²) in [6.45, 7) is 0.393. The molecule has 0 aliphatic rings. The third-order valence-electron chi connectivity index (χ3n) is 3.83. The summed E-state index contributed by atoms with van der Waals surface area (Å²) >= 11 is 0. The third-order valence-corrected chi connectivity index (χ3v) is 3.83. The summed E-state index contributed by atoms with van der Waals surface area (Å²) in [6, 6.07) is 12.9. The predicted molar refractivity (Wildman–Crippen MR) is 101 cm³/mol. The number of rotatable bonds is 5. The monoisotopic (exact) mass is 356 g/mol. The molecule has 27 heavy (non-hydrogen) atoms. The highest BCUT2D eigenvalue weighted by Crippen LogP contribution is 2.30.